The van der Waals surface area contributed by atoms with E-state index in [4.69, 9.17) is 12.2 Å². The summed E-state index contributed by atoms with van der Waals surface area (Å²) in [7, 11) is 0. The van der Waals surface area contributed by atoms with Gasteiger partial charge in [0, 0.05) is 24.2 Å². The Bertz CT molecular complexity index is 1020. The van der Waals surface area contributed by atoms with Crippen LogP contribution in [0.15, 0.2) is 53.4 Å². The predicted molar refractivity (Wildman–Crippen MR) is 115 cm³/mol. The summed E-state index contributed by atoms with van der Waals surface area (Å²) in [6.07, 6.45) is 1.75. The molecule has 1 aliphatic heterocycles. The molecular formula is C21H17N2O4S2-. The molecule has 0 saturated carbocycles. The maximum absolute atomic E-state index is 12.6. The van der Waals surface area contributed by atoms with Crippen LogP contribution in [-0.4, -0.2) is 33.5 Å². The topological polar surface area (TPSA) is 89.5 Å². The second-order valence-corrected chi connectivity index (χ2v) is 8.05. The number of nitrogens with one attached hydrogen (secondary N) is 1. The van der Waals surface area contributed by atoms with E-state index in [1.165, 1.54) is 28.8 Å². The molecule has 2 aromatic carbocycles. The molecule has 0 aliphatic carbocycles. The Balaban J connectivity index is 1.63. The van der Waals surface area contributed by atoms with E-state index >= 15 is 0 Å². The average molecular weight is 426 g/mol. The van der Waals surface area contributed by atoms with Gasteiger partial charge in [0.15, 0.2) is 0 Å². The van der Waals surface area contributed by atoms with Gasteiger partial charge in [-0.2, -0.15) is 0 Å². The molecule has 148 valence electrons. The highest BCUT2D eigenvalue weighted by Crippen LogP contribution is 2.32. The van der Waals surface area contributed by atoms with Gasteiger partial charge in [-0.05, 0) is 24.6 Å². The number of aryl methyl sites for hydroxylation is 1. The van der Waals surface area contributed by atoms with Crippen LogP contribution in [0, 0.1) is 6.92 Å². The molecule has 0 aromatic heterocycles. The van der Waals surface area contributed by atoms with Crippen molar-refractivity contribution < 1.29 is 19.5 Å². The van der Waals surface area contributed by atoms with Crippen molar-refractivity contribution in [3.05, 3.63) is 70.1 Å². The van der Waals surface area contributed by atoms with Gasteiger partial charge in [-0.3, -0.25) is 14.5 Å². The zero-order chi connectivity index (χ0) is 21.0. The van der Waals surface area contributed by atoms with Gasteiger partial charge in [0.1, 0.15) is 4.32 Å². The molecule has 1 N–H and O–H groups in total. The molecule has 1 heterocycles. The second kappa shape index (κ2) is 9.02. The van der Waals surface area contributed by atoms with Crippen molar-refractivity contribution in [3.63, 3.8) is 0 Å². The summed E-state index contributed by atoms with van der Waals surface area (Å²) in [5, 5.41) is 13.7. The van der Waals surface area contributed by atoms with E-state index in [1.807, 2.05) is 31.2 Å². The molecule has 0 spiro atoms. The highest BCUT2D eigenvalue weighted by Gasteiger charge is 2.32. The number of thioether (sulfide) groups is 1. The van der Waals surface area contributed by atoms with E-state index in [2.05, 4.69) is 5.32 Å². The lowest BCUT2D eigenvalue weighted by molar-refractivity contribution is -0.254. The largest absolute Gasteiger partial charge is 0.545 e. The molecule has 2 amide bonds. The minimum Gasteiger partial charge on any atom is -0.545 e. The molecule has 0 radical (unpaired) electrons. The number of amides is 2. The third-order valence-electron chi connectivity index (χ3n) is 4.23. The fourth-order valence-corrected chi connectivity index (χ4v) is 4.01. The maximum Gasteiger partial charge on any atom is 0.266 e. The summed E-state index contributed by atoms with van der Waals surface area (Å²) < 4.78 is 0.385. The fourth-order valence-electron chi connectivity index (χ4n) is 2.70. The summed E-state index contributed by atoms with van der Waals surface area (Å²) >= 11 is 6.47. The third-order valence-corrected chi connectivity index (χ3v) is 5.61. The van der Waals surface area contributed by atoms with Crippen LogP contribution in [0.3, 0.4) is 0 Å². The Morgan fingerprint density at radius 1 is 1.17 bits per heavy atom. The van der Waals surface area contributed by atoms with Crippen molar-refractivity contribution in [3.8, 4) is 0 Å². The number of carboxylic acids is 1. The number of rotatable bonds is 6. The van der Waals surface area contributed by atoms with Crippen molar-refractivity contribution in [2.75, 3.05) is 11.9 Å². The number of thiocarbonyl (C=S) groups is 1. The normalized spacial score (nSPS) is 15.1. The van der Waals surface area contributed by atoms with Crippen LogP contribution in [0.5, 0.6) is 0 Å². The van der Waals surface area contributed by atoms with E-state index < -0.39 is 11.9 Å². The number of carboxylic acid groups (broad SMARTS) is 1. The number of para-hydroxylation sites is 1. The first-order chi connectivity index (χ1) is 13.8. The summed E-state index contributed by atoms with van der Waals surface area (Å²) in [6, 6.07) is 13.7. The molecule has 0 atom stereocenters. The van der Waals surface area contributed by atoms with Gasteiger partial charge in [-0.25, -0.2) is 0 Å². The van der Waals surface area contributed by atoms with E-state index in [1.54, 1.807) is 18.2 Å². The van der Waals surface area contributed by atoms with Gasteiger partial charge < -0.3 is 15.2 Å². The lowest BCUT2D eigenvalue weighted by Gasteiger charge is -2.15. The van der Waals surface area contributed by atoms with Crippen LogP contribution in [-0.2, 0) is 9.59 Å². The molecule has 29 heavy (non-hydrogen) atoms. The highest BCUT2D eigenvalue weighted by molar-refractivity contribution is 8.26. The predicted octanol–water partition coefficient (Wildman–Crippen LogP) is 2.59. The number of hydrogen-bond donors (Lipinski definition) is 1. The first-order valence-corrected chi connectivity index (χ1v) is 10.00. The van der Waals surface area contributed by atoms with Crippen molar-refractivity contribution in [1.29, 1.82) is 0 Å². The average Bonchev–Trinajstić information content (AvgIpc) is 2.95. The molecule has 1 fully saturated rings. The zero-order valence-electron chi connectivity index (χ0n) is 15.5. The van der Waals surface area contributed by atoms with Gasteiger partial charge in [-0.15, -0.1) is 0 Å². The minimum absolute atomic E-state index is 0.0222. The molecule has 6 nitrogen and oxygen atoms in total. The maximum atomic E-state index is 12.6. The van der Waals surface area contributed by atoms with Crippen LogP contribution in [0.2, 0.25) is 0 Å². The highest BCUT2D eigenvalue weighted by atomic mass is 32.2. The SMILES string of the molecule is Cc1ccc(/C=C2\SC(=S)N(CCC(=O)Nc3ccccc3C(=O)[O-])C2=O)cc1. The smallest absolute Gasteiger partial charge is 0.266 e. The first kappa shape index (κ1) is 20.8. The Kier molecular flexibility index (Phi) is 6.46. The van der Waals surface area contributed by atoms with Gasteiger partial charge in [0.2, 0.25) is 5.91 Å². The molecule has 2 aromatic rings. The molecule has 0 unspecified atom stereocenters. The van der Waals surface area contributed by atoms with Crippen molar-refractivity contribution in [1.82, 2.24) is 4.90 Å². The molecule has 1 aliphatic rings. The van der Waals surface area contributed by atoms with Crippen LogP contribution in [0.25, 0.3) is 6.08 Å². The van der Waals surface area contributed by atoms with Crippen molar-refractivity contribution in [2.24, 2.45) is 0 Å². The number of carbonyl (C=O) groups excluding carboxylic acids is 3. The van der Waals surface area contributed by atoms with Crippen molar-refractivity contribution in [2.45, 2.75) is 13.3 Å². The van der Waals surface area contributed by atoms with Gasteiger partial charge in [0.05, 0.1) is 10.9 Å². The van der Waals surface area contributed by atoms with Crippen LogP contribution in [0.1, 0.15) is 27.9 Å². The van der Waals surface area contributed by atoms with Crippen LogP contribution >= 0.6 is 24.0 Å². The van der Waals surface area contributed by atoms with Crippen LogP contribution < -0.4 is 10.4 Å². The molecular weight excluding hydrogens is 408 g/mol. The fraction of sp³-hybridized carbons (Fsp3) is 0.143. The summed E-state index contributed by atoms with van der Waals surface area (Å²) in [6.45, 7) is 2.09. The van der Waals surface area contributed by atoms with E-state index in [-0.39, 0.29) is 30.1 Å². The molecule has 8 heteroatoms. The van der Waals surface area contributed by atoms with E-state index in [0.717, 1.165) is 11.1 Å². The Morgan fingerprint density at radius 3 is 2.55 bits per heavy atom. The summed E-state index contributed by atoms with van der Waals surface area (Å²) in [5.74, 6) is -2.04. The molecule has 0 bridgehead atoms. The second-order valence-electron chi connectivity index (χ2n) is 6.38. The summed E-state index contributed by atoms with van der Waals surface area (Å²) in [4.78, 5) is 37.9. The quantitative estimate of drug-likeness (QED) is 0.565. The van der Waals surface area contributed by atoms with Gasteiger partial charge >= 0.3 is 0 Å². The lowest BCUT2D eigenvalue weighted by Crippen LogP contribution is -2.32. The Labute approximate surface area is 177 Å². The number of benzene rings is 2. The zero-order valence-corrected chi connectivity index (χ0v) is 17.1. The summed E-state index contributed by atoms with van der Waals surface area (Å²) in [5.41, 5.74) is 2.07. The number of anilines is 1. The van der Waals surface area contributed by atoms with Crippen LogP contribution in [0.4, 0.5) is 5.69 Å². The van der Waals surface area contributed by atoms with Gasteiger partial charge in [-0.1, -0.05) is 72.0 Å². The Morgan fingerprint density at radius 2 is 1.86 bits per heavy atom. The minimum atomic E-state index is -1.38. The van der Waals surface area contributed by atoms with Gasteiger partial charge in [0.25, 0.3) is 5.91 Å². The number of carbonyl (C=O) groups is 3. The van der Waals surface area contributed by atoms with E-state index in [9.17, 15) is 19.5 Å². The monoisotopic (exact) mass is 425 g/mol. The molecule has 3 rings (SSSR count). The van der Waals surface area contributed by atoms with Crippen molar-refractivity contribution >= 4 is 57.8 Å². The molecule has 1 saturated heterocycles. The number of aromatic carboxylic acids is 1. The lowest BCUT2D eigenvalue weighted by atomic mass is 10.1. The van der Waals surface area contributed by atoms with E-state index in [0.29, 0.717) is 9.23 Å². The third kappa shape index (κ3) is 5.10. The Hall–Kier alpha value is -2.97. The first-order valence-electron chi connectivity index (χ1n) is 8.77. The number of hydrogen-bond acceptors (Lipinski definition) is 6. The number of nitrogens with zero attached hydrogens (tertiary/aromatic N) is 1. The standard InChI is InChI=1S/C21H18N2O4S2/c1-13-6-8-14(9-7-13)12-17-19(25)23(21(28)29-17)11-10-18(24)22-16-5-3-2-4-15(16)20(26)27/h2-9,12H,10-11H2,1H3,(H,22,24)(H,26,27)/p-1/b17-12-.